The van der Waals surface area contributed by atoms with Crippen LogP contribution in [-0.4, -0.2) is 10.9 Å². The summed E-state index contributed by atoms with van der Waals surface area (Å²) in [7, 11) is 0. The van der Waals surface area contributed by atoms with Crippen molar-refractivity contribution < 1.29 is 4.79 Å². The molecule has 1 unspecified atom stereocenters. The largest absolute Gasteiger partial charge is 0.377 e. The predicted molar refractivity (Wildman–Crippen MR) is 78.9 cm³/mol. The Morgan fingerprint density at radius 2 is 2.25 bits per heavy atom. The summed E-state index contributed by atoms with van der Waals surface area (Å²) < 4.78 is 0. The molecule has 0 saturated heterocycles. The van der Waals surface area contributed by atoms with E-state index < -0.39 is 5.91 Å². The lowest BCUT2D eigenvalue weighted by atomic mass is 10.1. The monoisotopic (exact) mass is 287 g/mol. The third-order valence-corrected chi connectivity index (χ3v) is 3.85. The number of amides is 1. The summed E-state index contributed by atoms with van der Waals surface area (Å²) in [4.78, 5) is 15.6. The van der Waals surface area contributed by atoms with Gasteiger partial charge in [0.15, 0.2) is 0 Å². The molecule has 1 aliphatic carbocycles. The highest BCUT2D eigenvalue weighted by atomic mass is 35.5. The van der Waals surface area contributed by atoms with E-state index in [1.54, 1.807) is 12.1 Å². The summed E-state index contributed by atoms with van der Waals surface area (Å²) in [6.45, 7) is 0. The lowest BCUT2D eigenvalue weighted by molar-refractivity contribution is 0.100. The van der Waals surface area contributed by atoms with Crippen molar-refractivity contribution in [2.45, 2.75) is 18.9 Å². The minimum Gasteiger partial charge on any atom is -0.377 e. The van der Waals surface area contributed by atoms with E-state index in [-0.39, 0.29) is 6.04 Å². The van der Waals surface area contributed by atoms with Gasteiger partial charge in [-0.2, -0.15) is 0 Å². The highest BCUT2D eigenvalue weighted by Crippen LogP contribution is 2.32. The number of rotatable bonds is 3. The molecule has 0 bridgehead atoms. The zero-order chi connectivity index (χ0) is 14.1. The van der Waals surface area contributed by atoms with E-state index in [4.69, 9.17) is 17.3 Å². The van der Waals surface area contributed by atoms with Crippen LogP contribution in [0, 0.1) is 0 Å². The molecule has 1 aliphatic rings. The van der Waals surface area contributed by atoms with Crippen LogP contribution in [0.2, 0.25) is 5.02 Å². The summed E-state index contributed by atoms with van der Waals surface area (Å²) in [6, 6.07) is 9.42. The van der Waals surface area contributed by atoms with Gasteiger partial charge in [0.1, 0.15) is 0 Å². The van der Waals surface area contributed by atoms with Gasteiger partial charge in [-0.1, -0.05) is 17.7 Å². The van der Waals surface area contributed by atoms with Gasteiger partial charge >= 0.3 is 0 Å². The lowest BCUT2D eigenvalue weighted by Crippen LogP contribution is -2.12. The summed E-state index contributed by atoms with van der Waals surface area (Å²) in [5, 5.41) is 3.77. The van der Waals surface area contributed by atoms with Crippen LogP contribution in [0.25, 0.3) is 0 Å². The molecule has 1 aromatic heterocycles. The van der Waals surface area contributed by atoms with Gasteiger partial charge in [-0.15, -0.1) is 0 Å². The number of carbonyl (C=O) groups is 1. The van der Waals surface area contributed by atoms with Crippen molar-refractivity contribution in [2.24, 2.45) is 5.73 Å². The summed E-state index contributed by atoms with van der Waals surface area (Å²) in [5.74, 6) is -0.519. The average molecular weight is 288 g/mol. The van der Waals surface area contributed by atoms with Gasteiger partial charge in [-0.05, 0) is 42.7 Å². The molecule has 0 aliphatic heterocycles. The first-order valence-corrected chi connectivity index (χ1v) is 6.82. The molecule has 4 nitrogen and oxygen atoms in total. The van der Waals surface area contributed by atoms with Gasteiger partial charge in [0.2, 0.25) is 5.91 Å². The highest BCUT2D eigenvalue weighted by molar-refractivity contribution is 6.34. The SMILES string of the molecule is NC(=O)c1ccc(NC2CCc3cccnc32)cc1Cl. The quantitative estimate of drug-likeness (QED) is 0.912. The maximum Gasteiger partial charge on any atom is 0.250 e. The van der Waals surface area contributed by atoms with E-state index >= 15 is 0 Å². The number of aromatic nitrogens is 1. The summed E-state index contributed by atoms with van der Waals surface area (Å²) in [6.07, 6.45) is 3.83. The number of nitrogens with one attached hydrogen (secondary N) is 1. The van der Waals surface area contributed by atoms with Crippen LogP contribution in [0.4, 0.5) is 5.69 Å². The molecular weight excluding hydrogens is 274 g/mol. The molecule has 20 heavy (non-hydrogen) atoms. The topological polar surface area (TPSA) is 68.0 Å². The van der Waals surface area contributed by atoms with E-state index in [0.29, 0.717) is 10.6 Å². The van der Waals surface area contributed by atoms with Gasteiger partial charge in [-0.3, -0.25) is 9.78 Å². The van der Waals surface area contributed by atoms with Crippen LogP contribution in [-0.2, 0) is 6.42 Å². The highest BCUT2D eigenvalue weighted by Gasteiger charge is 2.23. The number of nitrogens with zero attached hydrogens (tertiary/aromatic N) is 1. The number of benzene rings is 1. The van der Waals surface area contributed by atoms with Crippen LogP contribution in [0.3, 0.4) is 0 Å². The molecule has 3 N–H and O–H groups in total. The summed E-state index contributed by atoms with van der Waals surface area (Å²) >= 11 is 6.05. The smallest absolute Gasteiger partial charge is 0.250 e. The molecule has 5 heteroatoms. The van der Waals surface area contributed by atoms with Crippen molar-refractivity contribution in [3.05, 3.63) is 58.4 Å². The Morgan fingerprint density at radius 1 is 1.40 bits per heavy atom. The van der Waals surface area contributed by atoms with Crippen molar-refractivity contribution in [1.82, 2.24) is 4.98 Å². The van der Waals surface area contributed by atoms with Gasteiger partial charge < -0.3 is 11.1 Å². The van der Waals surface area contributed by atoms with E-state index in [9.17, 15) is 4.79 Å². The fourth-order valence-electron chi connectivity index (χ4n) is 2.56. The molecule has 3 rings (SSSR count). The number of aryl methyl sites for hydroxylation is 1. The predicted octanol–water partition coefficient (Wildman–Crippen LogP) is 2.93. The third kappa shape index (κ3) is 2.34. The van der Waals surface area contributed by atoms with Crippen molar-refractivity contribution in [2.75, 3.05) is 5.32 Å². The van der Waals surface area contributed by atoms with Crippen molar-refractivity contribution in [3.63, 3.8) is 0 Å². The minimum atomic E-state index is -0.519. The maximum atomic E-state index is 11.1. The molecule has 0 spiro atoms. The van der Waals surface area contributed by atoms with Crippen molar-refractivity contribution in [1.29, 1.82) is 0 Å². The zero-order valence-electron chi connectivity index (χ0n) is 10.8. The Balaban J connectivity index is 1.83. The molecule has 0 saturated carbocycles. The van der Waals surface area contributed by atoms with Gasteiger partial charge in [0, 0.05) is 11.9 Å². The second kappa shape index (κ2) is 5.13. The Kier molecular flexibility index (Phi) is 3.32. The fraction of sp³-hybridized carbons (Fsp3) is 0.200. The van der Waals surface area contributed by atoms with Crippen LogP contribution >= 0.6 is 11.6 Å². The number of pyridine rings is 1. The van der Waals surface area contributed by atoms with Crippen LogP contribution in [0.1, 0.15) is 34.1 Å². The standard InChI is InChI=1S/C15H14ClN3O/c16-12-8-10(4-5-11(12)15(17)20)19-13-6-3-9-2-1-7-18-14(9)13/h1-2,4-5,7-8,13,19H,3,6H2,(H2,17,20). The first-order valence-electron chi connectivity index (χ1n) is 6.45. The maximum absolute atomic E-state index is 11.1. The number of hydrogen-bond donors (Lipinski definition) is 2. The van der Waals surface area contributed by atoms with Gasteiger partial charge in [-0.25, -0.2) is 0 Å². The number of anilines is 1. The number of primary amides is 1. The molecule has 2 aromatic rings. The molecule has 102 valence electrons. The zero-order valence-corrected chi connectivity index (χ0v) is 11.5. The Bertz CT molecular complexity index is 672. The van der Waals surface area contributed by atoms with Gasteiger partial charge in [0.05, 0.1) is 22.3 Å². The van der Waals surface area contributed by atoms with Gasteiger partial charge in [0.25, 0.3) is 0 Å². The molecule has 1 atom stereocenters. The van der Waals surface area contributed by atoms with E-state index in [0.717, 1.165) is 24.2 Å². The number of nitrogens with two attached hydrogens (primary N) is 1. The minimum absolute atomic E-state index is 0.182. The number of halogens is 1. The lowest BCUT2D eigenvalue weighted by Gasteiger charge is -2.15. The Labute approximate surface area is 122 Å². The molecular formula is C15H14ClN3O. The molecule has 0 radical (unpaired) electrons. The number of carbonyl (C=O) groups excluding carboxylic acids is 1. The number of hydrogen-bond acceptors (Lipinski definition) is 3. The number of fused-ring (bicyclic) bond motifs is 1. The average Bonchev–Trinajstić information content (AvgIpc) is 2.82. The normalized spacial score (nSPS) is 16.8. The first-order chi connectivity index (χ1) is 9.65. The second-order valence-electron chi connectivity index (χ2n) is 4.84. The third-order valence-electron chi connectivity index (χ3n) is 3.53. The van der Waals surface area contributed by atoms with E-state index in [1.165, 1.54) is 5.56 Å². The molecule has 1 aromatic carbocycles. The van der Waals surface area contributed by atoms with Crippen LogP contribution in [0.15, 0.2) is 36.5 Å². The fourth-order valence-corrected chi connectivity index (χ4v) is 2.83. The Hall–Kier alpha value is -2.07. The first kappa shape index (κ1) is 12.9. The Morgan fingerprint density at radius 3 is 3.00 bits per heavy atom. The van der Waals surface area contributed by atoms with E-state index in [1.807, 2.05) is 18.3 Å². The van der Waals surface area contributed by atoms with Crippen molar-refractivity contribution >= 4 is 23.2 Å². The molecule has 1 amide bonds. The van der Waals surface area contributed by atoms with E-state index in [2.05, 4.69) is 16.4 Å². The van der Waals surface area contributed by atoms with Crippen LogP contribution in [0.5, 0.6) is 0 Å². The second-order valence-corrected chi connectivity index (χ2v) is 5.25. The molecule has 0 fully saturated rings. The van der Waals surface area contributed by atoms with Crippen LogP contribution < -0.4 is 11.1 Å². The summed E-state index contributed by atoms with van der Waals surface area (Å²) in [5.41, 5.74) is 8.81. The van der Waals surface area contributed by atoms with Crippen molar-refractivity contribution in [3.8, 4) is 0 Å². The molecule has 1 heterocycles.